The first-order chi connectivity index (χ1) is 23.3. The van der Waals surface area contributed by atoms with Gasteiger partial charge in [-0.25, -0.2) is 4.39 Å². The molecule has 0 aromatic heterocycles. The summed E-state index contributed by atoms with van der Waals surface area (Å²) >= 11 is 0. The van der Waals surface area contributed by atoms with Crippen molar-refractivity contribution >= 4 is 16.7 Å². The number of aliphatic hydroxyl groups is 1. The fourth-order valence-electron chi connectivity index (χ4n) is 10.00. The Balaban J connectivity index is 1.08. The minimum atomic E-state index is -0.973. The van der Waals surface area contributed by atoms with Gasteiger partial charge in [-0.15, -0.1) is 0 Å². The van der Waals surface area contributed by atoms with E-state index in [0.717, 1.165) is 81.1 Å². The number of phenolic OH excluding ortho intramolecular Hbond substituents is 1. The van der Waals surface area contributed by atoms with E-state index in [1.807, 2.05) is 12.1 Å². The second-order valence-corrected chi connectivity index (χ2v) is 15.7. The number of aromatic hydroxyl groups is 1. The summed E-state index contributed by atoms with van der Waals surface area (Å²) in [6.07, 6.45) is 13.4. The van der Waals surface area contributed by atoms with Crippen molar-refractivity contribution in [2.75, 3.05) is 13.1 Å². The molecule has 260 valence electrons. The van der Waals surface area contributed by atoms with Gasteiger partial charge in [0.2, 0.25) is 5.91 Å². The molecule has 0 saturated heterocycles. The summed E-state index contributed by atoms with van der Waals surface area (Å²) < 4.78 is 16.1. The van der Waals surface area contributed by atoms with Gasteiger partial charge in [0.25, 0.3) is 0 Å². The zero-order chi connectivity index (χ0) is 33.7. The lowest BCUT2D eigenvalue weighted by molar-refractivity contribution is -0.130. The summed E-state index contributed by atoms with van der Waals surface area (Å²) in [5.74, 6) is 1.23. The molecule has 1 amide bonds. The predicted molar refractivity (Wildman–Crippen MR) is 194 cm³/mol. The molecule has 0 unspecified atom stereocenters. The van der Waals surface area contributed by atoms with E-state index in [-0.39, 0.29) is 28.9 Å². The van der Waals surface area contributed by atoms with E-state index in [0.29, 0.717) is 24.7 Å². The molecule has 5 heteroatoms. The number of fused-ring (bicyclic) bond motifs is 6. The molecule has 3 aliphatic rings. The zero-order valence-corrected chi connectivity index (χ0v) is 29.4. The molecule has 0 spiro atoms. The maximum absolute atomic E-state index is 16.1. The van der Waals surface area contributed by atoms with Crippen molar-refractivity contribution in [1.82, 2.24) is 4.90 Å². The van der Waals surface area contributed by atoms with E-state index in [1.54, 1.807) is 6.07 Å². The number of hydrogen-bond acceptors (Lipinski definition) is 3. The van der Waals surface area contributed by atoms with Gasteiger partial charge in [0.1, 0.15) is 11.9 Å². The summed E-state index contributed by atoms with van der Waals surface area (Å²) in [6.45, 7) is 5.99. The Morgan fingerprint density at radius 3 is 2.42 bits per heavy atom. The highest BCUT2D eigenvalue weighted by atomic mass is 19.1. The standard InChI is InChI=1S/C43H58FNO3/c1-3-4-5-6-7-12-23-45(40(48)26-30-17-18-31-14-10-11-15-32(31)25-30)24-13-8-9-16-33-27-34-28-35(46)19-20-36(34)42-38(44)29-43(2)37(41(33)42)21-22-39(43)47/h10-11,14-15,17-20,25,28,33,37-39,41-42,46-47H,3-9,12-13,16,21-24,26-27,29H2,1-2H3/t33-,37+,38+,39+,41+,42+,43+/m1/s1. The number of rotatable bonds is 15. The molecule has 3 aromatic carbocycles. The lowest BCUT2D eigenvalue weighted by Crippen LogP contribution is -2.51. The third kappa shape index (κ3) is 7.62. The molecule has 7 atom stereocenters. The lowest BCUT2D eigenvalue weighted by atomic mass is 9.51. The van der Waals surface area contributed by atoms with Crippen LogP contribution in [0.1, 0.15) is 120 Å². The number of nitrogens with zero attached hydrogens (tertiary/aromatic N) is 1. The van der Waals surface area contributed by atoms with Crippen molar-refractivity contribution in [3.05, 3.63) is 77.4 Å². The fraction of sp³-hybridized carbons (Fsp3) is 0.605. The van der Waals surface area contributed by atoms with Crippen LogP contribution in [-0.4, -0.2) is 46.4 Å². The molecular weight excluding hydrogens is 597 g/mol. The fourth-order valence-corrected chi connectivity index (χ4v) is 10.00. The molecular formula is C43H58FNO3. The number of carbonyl (C=O) groups excluding carboxylic acids is 1. The molecule has 0 aliphatic heterocycles. The largest absolute Gasteiger partial charge is 0.508 e. The van der Waals surface area contributed by atoms with Crippen LogP contribution in [0.5, 0.6) is 5.75 Å². The van der Waals surface area contributed by atoms with Crippen LogP contribution in [0.2, 0.25) is 0 Å². The SMILES string of the molecule is CCCCCCCCN(CCCCC[C@@H]1Cc2cc(O)ccc2[C@@H]2[C@@H]1[C@@H]1CC[C@H](O)[C@@]1(C)C[C@@H]2F)C(=O)Cc1ccc2ccccc2c1. The highest BCUT2D eigenvalue weighted by Crippen LogP contribution is 2.63. The monoisotopic (exact) mass is 655 g/mol. The number of halogens is 1. The number of unbranched alkanes of at least 4 members (excludes halogenated alkanes) is 7. The maximum atomic E-state index is 16.1. The van der Waals surface area contributed by atoms with E-state index >= 15 is 4.39 Å². The predicted octanol–water partition coefficient (Wildman–Crippen LogP) is 9.93. The summed E-state index contributed by atoms with van der Waals surface area (Å²) in [7, 11) is 0. The number of benzene rings is 3. The van der Waals surface area contributed by atoms with Crippen molar-refractivity contribution in [2.24, 2.45) is 23.2 Å². The van der Waals surface area contributed by atoms with Crippen molar-refractivity contribution < 1.29 is 19.4 Å². The minimum absolute atomic E-state index is 0.150. The normalized spacial score (nSPS) is 27.8. The second-order valence-electron chi connectivity index (χ2n) is 15.7. The average Bonchev–Trinajstić information content (AvgIpc) is 3.37. The van der Waals surface area contributed by atoms with Crippen LogP contribution < -0.4 is 0 Å². The zero-order valence-electron chi connectivity index (χ0n) is 29.4. The Hall–Kier alpha value is -2.92. The third-order valence-electron chi connectivity index (χ3n) is 12.6. The van der Waals surface area contributed by atoms with Crippen LogP contribution >= 0.6 is 0 Å². The molecule has 4 nitrogen and oxygen atoms in total. The van der Waals surface area contributed by atoms with E-state index in [9.17, 15) is 15.0 Å². The Morgan fingerprint density at radius 1 is 0.896 bits per heavy atom. The summed E-state index contributed by atoms with van der Waals surface area (Å²) in [6, 6.07) is 20.3. The van der Waals surface area contributed by atoms with Crippen LogP contribution in [0.25, 0.3) is 10.8 Å². The van der Waals surface area contributed by atoms with Gasteiger partial charge in [-0.05, 0) is 108 Å². The number of alkyl halides is 1. The molecule has 2 fully saturated rings. The highest BCUT2D eigenvalue weighted by molar-refractivity contribution is 5.85. The number of hydrogen-bond donors (Lipinski definition) is 2. The van der Waals surface area contributed by atoms with Gasteiger partial charge in [-0.3, -0.25) is 4.79 Å². The Morgan fingerprint density at radius 2 is 1.62 bits per heavy atom. The van der Waals surface area contributed by atoms with Gasteiger partial charge in [0.05, 0.1) is 12.5 Å². The third-order valence-corrected chi connectivity index (χ3v) is 12.6. The average molecular weight is 656 g/mol. The van der Waals surface area contributed by atoms with Crippen molar-refractivity contribution in [3.63, 3.8) is 0 Å². The van der Waals surface area contributed by atoms with Crippen LogP contribution in [-0.2, 0) is 17.6 Å². The van der Waals surface area contributed by atoms with Gasteiger partial charge < -0.3 is 15.1 Å². The van der Waals surface area contributed by atoms with Crippen molar-refractivity contribution in [3.8, 4) is 5.75 Å². The molecule has 0 radical (unpaired) electrons. The molecule has 6 rings (SSSR count). The first kappa shape index (κ1) is 34.9. The first-order valence-electron chi connectivity index (χ1n) is 19.2. The quantitative estimate of drug-likeness (QED) is 0.160. The molecule has 2 N–H and O–H groups in total. The van der Waals surface area contributed by atoms with Gasteiger partial charge in [-0.1, -0.05) is 107 Å². The number of phenols is 1. The molecule has 0 bridgehead atoms. The first-order valence-corrected chi connectivity index (χ1v) is 19.2. The van der Waals surface area contributed by atoms with Crippen molar-refractivity contribution in [1.29, 1.82) is 0 Å². The Bertz CT molecular complexity index is 1520. The van der Waals surface area contributed by atoms with Crippen LogP contribution in [0.3, 0.4) is 0 Å². The smallest absolute Gasteiger partial charge is 0.226 e. The number of aliphatic hydroxyl groups excluding tert-OH is 1. The second kappa shape index (κ2) is 15.7. The van der Waals surface area contributed by atoms with Gasteiger partial charge in [-0.2, -0.15) is 0 Å². The highest BCUT2D eigenvalue weighted by Gasteiger charge is 2.59. The van der Waals surface area contributed by atoms with Crippen molar-refractivity contribution in [2.45, 2.75) is 128 Å². The van der Waals surface area contributed by atoms with E-state index in [2.05, 4.69) is 61.2 Å². The van der Waals surface area contributed by atoms with Gasteiger partial charge in [0, 0.05) is 19.0 Å². The molecule has 48 heavy (non-hydrogen) atoms. The van der Waals surface area contributed by atoms with Gasteiger partial charge in [0.15, 0.2) is 0 Å². The number of amides is 1. The molecule has 0 heterocycles. The molecule has 3 aliphatic carbocycles. The van der Waals surface area contributed by atoms with E-state index in [4.69, 9.17) is 0 Å². The van der Waals surface area contributed by atoms with Crippen LogP contribution in [0.15, 0.2) is 60.7 Å². The van der Waals surface area contributed by atoms with Gasteiger partial charge >= 0.3 is 0 Å². The van der Waals surface area contributed by atoms with E-state index in [1.165, 1.54) is 42.9 Å². The minimum Gasteiger partial charge on any atom is -0.508 e. The molecule has 3 aromatic rings. The molecule has 2 saturated carbocycles. The Kier molecular flexibility index (Phi) is 11.5. The summed E-state index contributed by atoms with van der Waals surface area (Å²) in [4.78, 5) is 15.8. The Labute approximate surface area is 288 Å². The van der Waals surface area contributed by atoms with E-state index < -0.39 is 12.3 Å². The topological polar surface area (TPSA) is 60.8 Å². The summed E-state index contributed by atoms with van der Waals surface area (Å²) in [5.41, 5.74) is 2.92. The lowest BCUT2D eigenvalue weighted by Gasteiger charge is -2.54. The number of carbonyl (C=O) groups is 1. The van der Waals surface area contributed by atoms with Crippen LogP contribution in [0, 0.1) is 23.2 Å². The summed E-state index contributed by atoms with van der Waals surface area (Å²) in [5, 5.41) is 23.7. The van der Waals surface area contributed by atoms with Crippen LogP contribution in [0.4, 0.5) is 4.39 Å². The maximum Gasteiger partial charge on any atom is 0.226 e.